The summed E-state index contributed by atoms with van der Waals surface area (Å²) in [6, 6.07) is 8.48. The molecule has 1 rings (SSSR count). The Balaban J connectivity index is 2.48. The molecule has 90 valence electrons. The summed E-state index contributed by atoms with van der Waals surface area (Å²) in [6.45, 7) is 3.67. The monoisotopic (exact) mass is 233 g/mol. The summed E-state index contributed by atoms with van der Waals surface area (Å²) in [6.07, 6.45) is -0.562. The van der Waals surface area contributed by atoms with Crippen molar-refractivity contribution in [3.63, 3.8) is 0 Å². The van der Waals surface area contributed by atoms with Gasteiger partial charge in [0, 0.05) is 11.2 Å². The fourth-order valence-corrected chi connectivity index (χ4v) is 1.03. The second kappa shape index (κ2) is 5.32. The molecule has 5 nitrogen and oxygen atoms in total. The molecule has 0 aliphatic heterocycles. The highest BCUT2D eigenvalue weighted by atomic mass is 16.5. The zero-order valence-corrected chi connectivity index (χ0v) is 9.86. The van der Waals surface area contributed by atoms with Crippen LogP contribution in [0.2, 0.25) is 0 Å². The van der Waals surface area contributed by atoms with Gasteiger partial charge in [0.1, 0.15) is 6.61 Å². The molecule has 0 spiro atoms. The Morgan fingerprint density at radius 3 is 2.53 bits per heavy atom. The molecule has 0 heterocycles. The smallest absolute Gasteiger partial charge is 0.411 e. The van der Waals surface area contributed by atoms with Crippen LogP contribution in [0, 0.1) is 11.3 Å². The molecule has 0 bridgehead atoms. The van der Waals surface area contributed by atoms with E-state index in [9.17, 15) is 4.79 Å². The topological polar surface area (TPSA) is 88.1 Å². The molecule has 1 aromatic carbocycles. The standard InChI is InChI=1S/C12H15N3O2/c1-12(2,14)8-17-11(16)15-10-5-3-9(7-13)4-6-10/h3-6H,8,14H2,1-2H3,(H,15,16). The number of hydrogen-bond donors (Lipinski definition) is 2. The molecule has 0 saturated carbocycles. The van der Waals surface area contributed by atoms with Crippen LogP contribution in [-0.4, -0.2) is 18.2 Å². The predicted molar refractivity (Wildman–Crippen MR) is 64.4 cm³/mol. The van der Waals surface area contributed by atoms with Crippen molar-refractivity contribution < 1.29 is 9.53 Å². The fraction of sp³-hybridized carbons (Fsp3) is 0.333. The molecule has 17 heavy (non-hydrogen) atoms. The molecule has 0 fully saturated rings. The number of carbonyl (C=O) groups excluding carboxylic acids is 1. The van der Waals surface area contributed by atoms with E-state index in [4.69, 9.17) is 15.7 Å². The van der Waals surface area contributed by atoms with Gasteiger partial charge in [-0.3, -0.25) is 5.32 Å². The molecular weight excluding hydrogens is 218 g/mol. The maximum Gasteiger partial charge on any atom is 0.411 e. The Morgan fingerprint density at radius 1 is 1.47 bits per heavy atom. The fourth-order valence-electron chi connectivity index (χ4n) is 1.03. The summed E-state index contributed by atoms with van der Waals surface area (Å²) < 4.78 is 4.93. The SMILES string of the molecule is CC(C)(N)COC(=O)Nc1ccc(C#N)cc1. The first-order valence-corrected chi connectivity index (χ1v) is 5.13. The van der Waals surface area contributed by atoms with E-state index in [1.165, 1.54) is 0 Å². The number of nitrogens with zero attached hydrogens (tertiary/aromatic N) is 1. The van der Waals surface area contributed by atoms with E-state index in [0.29, 0.717) is 11.3 Å². The van der Waals surface area contributed by atoms with Gasteiger partial charge in [-0.15, -0.1) is 0 Å². The minimum Gasteiger partial charge on any atom is -0.447 e. The van der Waals surface area contributed by atoms with Gasteiger partial charge in [0.25, 0.3) is 0 Å². The maximum atomic E-state index is 11.4. The molecule has 0 aromatic heterocycles. The molecule has 0 aliphatic carbocycles. The average molecular weight is 233 g/mol. The predicted octanol–water partition coefficient (Wildman–Crippen LogP) is 1.84. The normalized spacial score (nSPS) is 10.5. The molecule has 0 atom stereocenters. The van der Waals surface area contributed by atoms with E-state index in [1.54, 1.807) is 38.1 Å². The second-order valence-electron chi connectivity index (χ2n) is 4.38. The van der Waals surface area contributed by atoms with Gasteiger partial charge in [-0.2, -0.15) is 5.26 Å². The summed E-state index contributed by atoms with van der Waals surface area (Å²) in [7, 11) is 0. The van der Waals surface area contributed by atoms with E-state index in [1.807, 2.05) is 6.07 Å². The van der Waals surface area contributed by atoms with Crippen LogP contribution in [0.5, 0.6) is 0 Å². The molecule has 5 heteroatoms. The number of benzene rings is 1. The summed E-state index contributed by atoms with van der Waals surface area (Å²) in [5, 5.41) is 11.1. The second-order valence-corrected chi connectivity index (χ2v) is 4.38. The zero-order valence-electron chi connectivity index (χ0n) is 9.86. The Morgan fingerprint density at radius 2 is 2.06 bits per heavy atom. The first-order chi connectivity index (χ1) is 7.90. The first kappa shape index (κ1) is 13.0. The van der Waals surface area contributed by atoms with Gasteiger partial charge in [-0.05, 0) is 38.1 Å². The largest absolute Gasteiger partial charge is 0.447 e. The van der Waals surface area contributed by atoms with Crippen LogP contribution < -0.4 is 11.1 Å². The van der Waals surface area contributed by atoms with Gasteiger partial charge in [-0.25, -0.2) is 4.79 Å². The minimum absolute atomic E-state index is 0.134. The molecule has 0 unspecified atom stereocenters. The van der Waals surface area contributed by atoms with Gasteiger partial charge in [0.2, 0.25) is 0 Å². The molecule has 0 saturated heterocycles. The Bertz CT molecular complexity index is 427. The van der Waals surface area contributed by atoms with Crippen molar-refractivity contribution in [1.29, 1.82) is 5.26 Å². The van der Waals surface area contributed by atoms with Crippen molar-refractivity contribution in [3.8, 4) is 6.07 Å². The lowest BCUT2D eigenvalue weighted by molar-refractivity contribution is 0.138. The van der Waals surface area contributed by atoms with Crippen LogP contribution in [0.15, 0.2) is 24.3 Å². The summed E-state index contributed by atoms with van der Waals surface area (Å²) in [5.74, 6) is 0. The lowest BCUT2D eigenvalue weighted by atomic mass is 10.1. The molecule has 3 N–H and O–H groups in total. The summed E-state index contributed by atoms with van der Waals surface area (Å²) >= 11 is 0. The number of hydrogen-bond acceptors (Lipinski definition) is 4. The lowest BCUT2D eigenvalue weighted by Gasteiger charge is -2.18. The number of nitrogens with two attached hydrogens (primary N) is 1. The average Bonchev–Trinajstić information content (AvgIpc) is 2.27. The van der Waals surface area contributed by atoms with Gasteiger partial charge < -0.3 is 10.5 Å². The maximum absolute atomic E-state index is 11.4. The summed E-state index contributed by atoms with van der Waals surface area (Å²) in [5.41, 5.74) is 6.23. The Labute approximate surface area is 100 Å². The van der Waals surface area contributed by atoms with Crippen molar-refractivity contribution in [2.75, 3.05) is 11.9 Å². The van der Waals surface area contributed by atoms with Crippen LogP contribution in [0.25, 0.3) is 0 Å². The third-order valence-electron chi connectivity index (χ3n) is 1.84. The molecular formula is C12H15N3O2. The molecule has 0 radical (unpaired) electrons. The van der Waals surface area contributed by atoms with Crippen LogP contribution in [0.1, 0.15) is 19.4 Å². The number of nitrogens with one attached hydrogen (secondary N) is 1. The number of ether oxygens (including phenoxy) is 1. The van der Waals surface area contributed by atoms with E-state index in [-0.39, 0.29) is 6.61 Å². The van der Waals surface area contributed by atoms with Crippen molar-refractivity contribution in [2.45, 2.75) is 19.4 Å². The van der Waals surface area contributed by atoms with Gasteiger partial charge >= 0.3 is 6.09 Å². The van der Waals surface area contributed by atoms with E-state index >= 15 is 0 Å². The van der Waals surface area contributed by atoms with Crippen LogP contribution >= 0.6 is 0 Å². The van der Waals surface area contributed by atoms with Crippen molar-refractivity contribution in [2.24, 2.45) is 5.73 Å². The molecule has 0 aliphatic rings. The zero-order chi connectivity index (χ0) is 12.9. The Kier molecular flexibility index (Phi) is 4.07. The highest BCUT2D eigenvalue weighted by Gasteiger charge is 2.13. The van der Waals surface area contributed by atoms with Crippen molar-refractivity contribution in [1.82, 2.24) is 0 Å². The van der Waals surface area contributed by atoms with Crippen LogP contribution in [0.3, 0.4) is 0 Å². The third-order valence-corrected chi connectivity index (χ3v) is 1.84. The van der Waals surface area contributed by atoms with Crippen LogP contribution in [-0.2, 0) is 4.74 Å². The third kappa shape index (κ3) is 5.00. The van der Waals surface area contributed by atoms with E-state index in [2.05, 4.69) is 5.32 Å². The summed E-state index contributed by atoms with van der Waals surface area (Å²) in [4.78, 5) is 11.4. The number of amides is 1. The molecule has 1 amide bonds. The lowest BCUT2D eigenvalue weighted by Crippen LogP contribution is -2.38. The van der Waals surface area contributed by atoms with Gasteiger partial charge in [0.15, 0.2) is 0 Å². The number of carbonyl (C=O) groups is 1. The number of rotatable bonds is 3. The number of anilines is 1. The van der Waals surface area contributed by atoms with Gasteiger partial charge in [-0.1, -0.05) is 0 Å². The Hall–Kier alpha value is -2.06. The van der Waals surface area contributed by atoms with E-state index in [0.717, 1.165) is 0 Å². The highest BCUT2D eigenvalue weighted by molar-refractivity contribution is 5.84. The molecule has 1 aromatic rings. The highest BCUT2D eigenvalue weighted by Crippen LogP contribution is 2.09. The van der Waals surface area contributed by atoms with E-state index < -0.39 is 11.6 Å². The minimum atomic E-state index is -0.562. The number of nitriles is 1. The quantitative estimate of drug-likeness (QED) is 0.833. The van der Waals surface area contributed by atoms with Crippen molar-refractivity contribution in [3.05, 3.63) is 29.8 Å². The van der Waals surface area contributed by atoms with Crippen molar-refractivity contribution >= 4 is 11.8 Å². The van der Waals surface area contributed by atoms with Crippen LogP contribution in [0.4, 0.5) is 10.5 Å². The first-order valence-electron chi connectivity index (χ1n) is 5.13. The van der Waals surface area contributed by atoms with Gasteiger partial charge in [0.05, 0.1) is 11.6 Å².